The SMILES string of the molecule is C/C=C/Cc1ccc(-n2c3ccccc3c3ccccc32)cc1N1c2ccccc2N(C)[C@@H]1CCC. The Bertz CT molecular complexity index is 1520. The topological polar surface area (TPSA) is 11.4 Å². The zero-order chi connectivity index (χ0) is 24.6. The molecule has 5 aromatic rings. The summed E-state index contributed by atoms with van der Waals surface area (Å²) in [6.07, 6.45) is 7.87. The van der Waals surface area contributed by atoms with Crippen LogP contribution in [0.25, 0.3) is 27.5 Å². The molecule has 0 saturated carbocycles. The molecule has 0 radical (unpaired) electrons. The first kappa shape index (κ1) is 22.5. The van der Waals surface area contributed by atoms with Crippen molar-refractivity contribution in [3.63, 3.8) is 0 Å². The highest BCUT2D eigenvalue weighted by molar-refractivity contribution is 6.09. The molecule has 0 aliphatic carbocycles. The van der Waals surface area contributed by atoms with Crippen molar-refractivity contribution in [3.8, 4) is 5.69 Å². The van der Waals surface area contributed by atoms with Gasteiger partial charge in [-0.1, -0.05) is 80.1 Å². The summed E-state index contributed by atoms with van der Waals surface area (Å²) in [5.74, 6) is 0. The second-order valence-corrected chi connectivity index (χ2v) is 9.69. The van der Waals surface area contributed by atoms with Gasteiger partial charge in [0.15, 0.2) is 0 Å². The number of rotatable bonds is 6. The molecule has 1 aromatic heterocycles. The Morgan fingerprint density at radius 1 is 0.750 bits per heavy atom. The molecule has 0 amide bonds. The quantitative estimate of drug-likeness (QED) is 0.230. The molecule has 2 heterocycles. The van der Waals surface area contributed by atoms with Crippen molar-refractivity contribution in [2.45, 2.75) is 39.3 Å². The Morgan fingerprint density at radius 3 is 2.06 bits per heavy atom. The Hall–Kier alpha value is -3.98. The van der Waals surface area contributed by atoms with Gasteiger partial charge >= 0.3 is 0 Å². The summed E-state index contributed by atoms with van der Waals surface area (Å²) >= 11 is 0. The van der Waals surface area contributed by atoms with Gasteiger partial charge in [0.25, 0.3) is 0 Å². The van der Waals surface area contributed by atoms with Gasteiger partial charge in [-0.3, -0.25) is 0 Å². The first-order valence-corrected chi connectivity index (χ1v) is 13.1. The van der Waals surface area contributed by atoms with Crippen molar-refractivity contribution in [1.29, 1.82) is 0 Å². The van der Waals surface area contributed by atoms with E-state index in [1.807, 2.05) is 0 Å². The number of anilines is 3. The van der Waals surface area contributed by atoms with Crippen LogP contribution in [-0.4, -0.2) is 17.8 Å². The van der Waals surface area contributed by atoms with Crippen molar-refractivity contribution >= 4 is 38.9 Å². The van der Waals surface area contributed by atoms with Crippen molar-refractivity contribution in [2.75, 3.05) is 16.8 Å². The molecule has 6 rings (SSSR count). The first-order valence-electron chi connectivity index (χ1n) is 13.1. The molecule has 4 aromatic carbocycles. The lowest BCUT2D eigenvalue weighted by atomic mass is 10.1. The van der Waals surface area contributed by atoms with Gasteiger partial charge in [-0.15, -0.1) is 0 Å². The number of aromatic nitrogens is 1. The van der Waals surface area contributed by atoms with Crippen LogP contribution in [0.4, 0.5) is 17.1 Å². The number of allylic oxidation sites excluding steroid dienone is 2. The summed E-state index contributed by atoms with van der Waals surface area (Å²) in [6.45, 7) is 4.38. The molecule has 0 saturated heterocycles. The minimum atomic E-state index is 0.296. The van der Waals surface area contributed by atoms with Gasteiger partial charge in [-0.05, 0) is 61.7 Å². The molecule has 3 nitrogen and oxygen atoms in total. The highest BCUT2D eigenvalue weighted by Crippen LogP contribution is 2.46. The summed E-state index contributed by atoms with van der Waals surface area (Å²) in [4.78, 5) is 5.03. The van der Waals surface area contributed by atoms with E-state index in [0.717, 1.165) is 19.3 Å². The van der Waals surface area contributed by atoms with Crippen LogP contribution in [0.3, 0.4) is 0 Å². The number of hydrogen-bond acceptors (Lipinski definition) is 2. The third-order valence-corrected chi connectivity index (χ3v) is 7.55. The second kappa shape index (κ2) is 9.23. The van der Waals surface area contributed by atoms with Crippen molar-refractivity contribution in [2.24, 2.45) is 0 Å². The van der Waals surface area contributed by atoms with Crippen LogP contribution in [0.5, 0.6) is 0 Å². The molecule has 1 aliphatic heterocycles. The average Bonchev–Trinajstić information content (AvgIpc) is 3.40. The number of para-hydroxylation sites is 4. The smallest absolute Gasteiger partial charge is 0.106 e. The summed E-state index contributed by atoms with van der Waals surface area (Å²) in [6, 6.07) is 33.4. The first-order chi connectivity index (χ1) is 17.7. The van der Waals surface area contributed by atoms with Gasteiger partial charge in [0, 0.05) is 29.2 Å². The fourth-order valence-electron chi connectivity index (χ4n) is 5.87. The summed E-state index contributed by atoms with van der Waals surface area (Å²) in [7, 11) is 2.24. The highest BCUT2D eigenvalue weighted by Gasteiger charge is 2.34. The van der Waals surface area contributed by atoms with E-state index in [4.69, 9.17) is 0 Å². The highest BCUT2D eigenvalue weighted by atomic mass is 15.4. The Morgan fingerprint density at radius 2 is 1.39 bits per heavy atom. The maximum Gasteiger partial charge on any atom is 0.106 e. The molecular weight excluding hydrogens is 438 g/mol. The Kier molecular flexibility index (Phi) is 5.77. The molecule has 0 fully saturated rings. The number of hydrogen-bond donors (Lipinski definition) is 0. The fraction of sp³-hybridized carbons (Fsp3) is 0.212. The molecule has 36 heavy (non-hydrogen) atoms. The summed E-state index contributed by atoms with van der Waals surface area (Å²) < 4.78 is 2.42. The van der Waals surface area contributed by atoms with E-state index in [9.17, 15) is 0 Å². The summed E-state index contributed by atoms with van der Waals surface area (Å²) in [5, 5.41) is 2.59. The predicted molar refractivity (Wildman–Crippen MR) is 155 cm³/mol. The van der Waals surface area contributed by atoms with Crippen LogP contribution < -0.4 is 9.80 Å². The molecule has 0 N–H and O–H groups in total. The lowest BCUT2D eigenvalue weighted by Crippen LogP contribution is -2.38. The van der Waals surface area contributed by atoms with E-state index < -0.39 is 0 Å². The predicted octanol–water partition coefficient (Wildman–Crippen LogP) is 8.62. The normalized spacial score (nSPS) is 15.5. The van der Waals surface area contributed by atoms with E-state index in [1.165, 1.54) is 50.1 Å². The van der Waals surface area contributed by atoms with Gasteiger partial charge < -0.3 is 14.4 Å². The maximum absolute atomic E-state index is 2.58. The van der Waals surface area contributed by atoms with Crippen molar-refractivity contribution < 1.29 is 0 Å². The zero-order valence-corrected chi connectivity index (χ0v) is 21.4. The number of benzene rings is 4. The van der Waals surface area contributed by atoms with Crippen LogP contribution in [0, 0.1) is 0 Å². The van der Waals surface area contributed by atoms with Gasteiger partial charge in [0.2, 0.25) is 0 Å². The molecule has 1 atom stereocenters. The fourth-order valence-corrected chi connectivity index (χ4v) is 5.87. The van der Waals surface area contributed by atoms with E-state index >= 15 is 0 Å². The third kappa shape index (κ3) is 3.50. The summed E-state index contributed by atoms with van der Waals surface area (Å²) in [5.41, 5.74) is 8.93. The van der Waals surface area contributed by atoms with Crippen LogP contribution >= 0.6 is 0 Å². The monoisotopic (exact) mass is 471 g/mol. The lowest BCUT2D eigenvalue weighted by Gasteiger charge is -2.32. The van der Waals surface area contributed by atoms with Crippen LogP contribution in [0.15, 0.2) is 103 Å². The van der Waals surface area contributed by atoms with Crippen molar-refractivity contribution in [3.05, 3.63) is 109 Å². The molecule has 0 unspecified atom stereocenters. The molecule has 3 heteroatoms. The molecule has 0 spiro atoms. The Balaban J connectivity index is 1.61. The molecular formula is C33H33N3. The third-order valence-electron chi connectivity index (χ3n) is 7.55. The van der Waals surface area contributed by atoms with Gasteiger partial charge in [-0.2, -0.15) is 0 Å². The van der Waals surface area contributed by atoms with Crippen LogP contribution in [0.2, 0.25) is 0 Å². The number of nitrogens with zero attached hydrogens (tertiary/aromatic N) is 3. The molecule has 0 bridgehead atoms. The van der Waals surface area contributed by atoms with Crippen LogP contribution in [0.1, 0.15) is 32.3 Å². The van der Waals surface area contributed by atoms with Gasteiger partial charge in [0.1, 0.15) is 6.17 Å². The average molecular weight is 472 g/mol. The minimum Gasteiger partial charge on any atom is -0.352 e. The van der Waals surface area contributed by atoms with Crippen molar-refractivity contribution in [1.82, 2.24) is 4.57 Å². The standard InChI is InChI=1S/C33H33N3/c1-4-6-14-24-21-22-25(35-28-17-9-7-15-26(28)27-16-8-10-18-29(27)35)23-32(24)36-31-20-12-11-19-30(31)34(3)33(36)13-5-2/h4,6-12,15-23,33H,5,13-14H2,1-3H3/b6-4+/t33-/m0/s1. The van der Waals surface area contributed by atoms with E-state index in [0.29, 0.717) is 6.17 Å². The van der Waals surface area contributed by atoms with E-state index in [-0.39, 0.29) is 0 Å². The molecule has 1 aliphatic rings. The van der Waals surface area contributed by atoms with E-state index in [2.05, 4.69) is 138 Å². The van der Waals surface area contributed by atoms with Gasteiger partial charge in [0.05, 0.1) is 22.4 Å². The maximum atomic E-state index is 2.58. The largest absolute Gasteiger partial charge is 0.352 e. The molecule has 180 valence electrons. The zero-order valence-electron chi connectivity index (χ0n) is 21.4. The Labute approximate surface area is 213 Å². The van der Waals surface area contributed by atoms with E-state index in [1.54, 1.807) is 0 Å². The number of fused-ring (bicyclic) bond motifs is 4. The lowest BCUT2D eigenvalue weighted by molar-refractivity contribution is 0.601. The van der Waals surface area contributed by atoms with Crippen LogP contribution in [-0.2, 0) is 6.42 Å². The van der Waals surface area contributed by atoms with Gasteiger partial charge in [-0.25, -0.2) is 0 Å². The second-order valence-electron chi connectivity index (χ2n) is 9.69. The minimum absolute atomic E-state index is 0.296.